The maximum atomic E-state index is 10.3. The highest BCUT2D eigenvalue weighted by molar-refractivity contribution is 5.76. The molecule has 0 saturated carbocycles. The van der Waals surface area contributed by atoms with Crippen molar-refractivity contribution in [3.05, 3.63) is 23.8 Å². The zero-order valence-corrected chi connectivity index (χ0v) is 7.32. The van der Waals surface area contributed by atoms with Crippen LogP contribution in [-0.2, 0) is 4.79 Å². The lowest BCUT2D eigenvalue weighted by Crippen LogP contribution is -2.08. The van der Waals surface area contributed by atoms with E-state index in [0.29, 0.717) is 5.56 Å². The van der Waals surface area contributed by atoms with Gasteiger partial charge in [0.2, 0.25) is 5.91 Å². The molecule has 4 nitrogen and oxygen atoms in total. The van der Waals surface area contributed by atoms with E-state index >= 15 is 0 Å². The van der Waals surface area contributed by atoms with Crippen molar-refractivity contribution in [1.82, 2.24) is 0 Å². The third kappa shape index (κ3) is 2.72. The minimum atomic E-state index is -0.518. The van der Waals surface area contributed by atoms with Gasteiger partial charge in [0.05, 0.1) is 12.0 Å². The molecule has 72 valence electrons. The molecule has 14 heavy (non-hydrogen) atoms. The summed E-state index contributed by atoms with van der Waals surface area (Å²) in [6.45, 7) is 0. The lowest BCUT2D eigenvalue weighted by Gasteiger charge is -1.96. The van der Waals surface area contributed by atoms with Crippen molar-refractivity contribution in [3.63, 3.8) is 0 Å². The molecule has 0 aliphatic heterocycles. The Bertz CT molecular complexity index is 415. The van der Waals surface area contributed by atoms with E-state index in [9.17, 15) is 9.90 Å². The second-order valence-corrected chi connectivity index (χ2v) is 2.65. The summed E-state index contributed by atoms with van der Waals surface area (Å²) in [5, 5.41) is 18.2. The Balaban J connectivity index is 2.85. The fourth-order valence-electron chi connectivity index (χ4n) is 0.852. The molecular formula is C10H9NO3. The zero-order chi connectivity index (χ0) is 10.6. The van der Waals surface area contributed by atoms with Gasteiger partial charge in [0, 0.05) is 6.07 Å². The van der Waals surface area contributed by atoms with Gasteiger partial charge in [-0.2, -0.15) is 0 Å². The number of aromatic hydroxyl groups is 2. The Morgan fingerprint density at radius 2 is 2.14 bits per heavy atom. The van der Waals surface area contributed by atoms with Crippen molar-refractivity contribution in [2.24, 2.45) is 5.73 Å². The van der Waals surface area contributed by atoms with Crippen LogP contribution in [0.2, 0.25) is 0 Å². The van der Waals surface area contributed by atoms with Crippen LogP contribution in [0.15, 0.2) is 18.2 Å². The van der Waals surface area contributed by atoms with Gasteiger partial charge in [0.25, 0.3) is 0 Å². The highest BCUT2D eigenvalue weighted by atomic mass is 16.3. The number of carbonyl (C=O) groups excluding carboxylic acids is 1. The van der Waals surface area contributed by atoms with Gasteiger partial charge in [0.1, 0.15) is 11.5 Å². The second kappa shape index (κ2) is 4.19. The third-order valence-electron chi connectivity index (χ3n) is 1.47. The summed E-state index contributed by atoms with van der Waals surface area (Å²) in [6, 6.07) is 4.03. The maximum Gasteiger partial charge on any atom is 0.229 e. The molecule has 0 aliphatic carbocycles. The average Bonchev–Trinajstić information content (AvgIpc) is 2.08. The number of phenolic OH excluding ortho intramolecular Hbond substituents is 2. The first-order valence-corrected chi connectivity index (χ1v) is 3.89. The van der Waals surface area contributed by atoms with Gasteiger partial charge in [-0.15, -0.1) is 0 Å². The van der Waals surface area contributed by atoms with Crippen LogP contribution in [0.3, 0.4) is 0 Å². The van der Waals surface area contributed by atoms with Gasteiger partial charge in [-0.3, -0.25) is 4.79 Å². The molecule has 0 bridgehead atoms. The van der Waals surface area contributed by atoms with Crippen molar-refractivity contribution >= 4 is 5.91 Å². The van der Waals surface area contributed by atoms with E-state index in [0.717, 1.165) is 0 Å². The largest absolute Gasteiger partial charge is 0.508 e. The SMILES string of the molecule is NC(=O)CC#Cc1ccc(O)cc1O. The average molecular weight is 191 g/mol. The lowest BCUT2D eigenvalue weighted by atomic mass is 10.2. The normalized spacial score (nSPS) is 8.86. The number of rotatable bonds is 1. The van der Waals surface area contributed by atoms with Crippen LogP contribution in [0.25, 0.3) is 0 Å². The predicted molar refractivity (Wildman–Crippen MR) is 50.5 cm³/mol. The molecule has 0 heterocycles. The van der Waals surface area contributed by atoms with E-state index in [1.165, 1.54) is 18.2 Å². The van der Waals surface area contributed by atoms with Crippen molar-refractivity contribution in [1.29, 1.82) is 0 Å². The first-order valence-electron chi connectivity index (χ1n) is 3.89. The van der Waals surface area contributed by atoms with E-state index in [-0.39, 0.29) is 17.9 Å². The van der Waals surface area contributed by atoms with Crippen molar-refractivity contribution in [2.45, 2.75) is 6.42 Å². The number of benzene rings is 1. The predicted octanol–water partition coefficient (Wildman–Crippen LogP) is 0.325. The topological polar surface area (TPSA) is 83.6 Å². The number of phenols is 2. The van der Waals surface area contributed by atoms with Crippen LogP contribution in [0, 0.1) is 11.8 Å². The van der Waals surface area contributed by atoms with Gasteiger partial charge in [-0.05, 0) is 12.1 Å². The number of hydrogen-bond donors (Lipinski definition) is 3. The minimum Gasteiger partial charge on any atom is -0.508 e. The molecule has 1 aromatic rings. The molecule has 0 radical (unpaired) electrons. The van der Waals surface area contributed by atoms with Gasteiger partial charge >= 0.3 is 0 Å². The Kier molecular flexibility index (Phi) is 2.97. The van der Waals surface area contributed by atoms with Gasteiger partial charge < -0.3 is 15.9 Å². The molecule has 0 aliphatic rings. The summed E-state index contributed by atoms with van der Waals surface area (Å²) in [7, 11) is 0. The third-order valence-corrected chi connectivity index (χ3v) is 1.47. The van der Waals surface area contributed by atoms with Crippen LogP contribution in [0.5, 0.6) is 11.5 Å². The summed E-state index contributed by atoms with van der Waals surface area (Å²) >= 11 is 0. The molecule has 0 unspecified atom stereocenters. The van der Waals surface area contributed by atoms with Crippen molar-refractivity contribution in [2.75, 3.05) is 0 Å². The van der Waals surface area contributed by atoms with Crippen LogP contribution >= 0.6 is 0 Å². The minimum absolute atomic E-state index is 0.0389. The Labute approximate surface area is 81.0 Å². The van der Waals surface area contributed by atoms with Crippen LogP contribution < -0.4 is 5.73 Å². The lowest BCUT2D eigenvalue weighted by molar-refractivity contribution is -0.117. The zero-order valence-electron chi connectivity index (χ0n) is 7.32. The molecule has 0 spiro atoms. The molecule has 0 atom stereocenters. The Morgan fingerprint density at radius 3 is 2.71 bits per heavy atom. The summed E-state index contributed by atoms with van der Waals surface area (Å²) in [4.78, 5) is 10.3. The summed E-state index contributed by atoms with van der Waals surface area (Å²) < 4.78 is 0. The van der Waals surface area contributed by atoms with Crippen molar-refractivity contribution < 1.29 is 15.0 Å². The molecular weight excluding hydrogens is 182 g/mol. The van der Waals surface area contributed by atoms with Crippen molar-refractivity contribution in [3.8, 4) is 23.3 Å². The highest BCUT2D eigenvalue weighted by Gasteiger charge is 1.98. The molecule has 1 rings (SSSR count). The molecule has 1 aromatic carbocycles. The fraction of sp³-hybridized carbons (Fsp3) is 0.100. The number of primary amides is 1. The van der Waals surface area contributed by atoms with E-state index in [1.54, 1.807) is 0 Å². The van der Waals surface area contributed by atoms with E-state index in [4.69, 9.17) is 10.8 Å². The molecule has 0 saturated heterocycles. The molecule has 4 N–H and O–H groups in total. The number of nitrogens with two attached hydrogens (primary N) is 1. The summed E-state index contributed by atoms with van der Waals surface area (Å²) in [5.74, 6) is 4.37. The van der Waals surface area contributed by atoms with E-state index in [2.05, 4.69) is 11.8 Å². The van der Waals surface area contributed by atoms with E-state index in [1.807, 2.05) is 0 Å². The van der Waals surface area contributed by atoms with Crippen LogP contribution in [0.4, 0.5) is 0 Å². The summed E-state index contributed by atoms with van der Waals surface area (Å²) in [6.07, 6.45) is -0.0552. The van der Waals surface area contributed by atoms with Crippen LogP contribution in [0.1, 0.15) is 12.0 Å². The first-order chi connectivity index (χ1) is 6.59. The van der Waals surface area contributed by atoms with Gasteiger partial charge in [-0.25, -0.2) is 0 Å². The summed E-state index contributed by atoms with van der Waals surface area (Å²) in [5.41, 5.74) is 5.23. The molecule has 0 aromatic heterocycles. The smallest absolute Gasteiger partial charge is 0.229 e. The first kappa shape index (κ1) is 9.93. The van der Waals surface area contributed by atoms with Gasteiger partial charge in [0.15, 0.2) is 0 Å². The Morgan fingerprint density at radius 1 is 1.43 bits per heavy atom. The molecule has 4 heteroatoms. The number of carbonyl (C=O) groups is 1. The standard InChI is InChI=1S/C10H9NO3/c11-10(14)3-1-2-7-4-5-8(12)6-9(7)13/h4-6,12-13H,3H2,(H2,11,14). The molecule has 1 amide bonds. The number of amides is 1. The quantitative estimate of drug-likeness (QED) is 0.559. The van der Waals surface area contributed by atoms with Gasteiger partial charge in [-0.1, -0.05) is 11.8 Å². The maximum absolute atomic E-state index is 10.3. The second-order valence-electron chi connectivity index (χ2n) is 2.65. The monoisotopic (exact) mass is 191 g/mol. The fourth-order valence-corrected chi connectivity index (χ4v) is 0.852. The molecule has 0 fully saturated rings. The number of hydrogen-bond acceptors (Lipinski definition) is 3. The van der Waals surface area contributed by atoms with E-state index < -0.39 is 5.91 Å². The van der Waals surface area contributed by atoms with Crippen LogP contribution in [-0.4, -0.2) is 16.1 Å². The highest BCUT2D eigenvalue weighted by Crippen LogP contribution is 2.21. The Hall–Kier alpha value is -2.15.